The van der Waals surface area contributed by atoms with Crippen LogP contribution in [0.3, 0.4) is 0 Å². The highest BCUT2D eigenvalue weighted by Crippen LogP contribution is 2.21. The van der Waals surface area contributed by atoms with Gasteiger partial charge >= 0.3 is 0 Å². The number of carbonyl (C=O) groups excluding carboxylic acids is 1. The van der Waals surface area contributed by atoms with Crippen molar-refractivity contribution in [2.75, 3.05) is 68.6 Å². The molecule has 192 valence electrons. The van der Waals surface area contributed by atoms with Crippen LogP contribution in [0.2, 0.25) is 0 Å². The lowest BCUT2D eigenvalue weighted by atomic mass is 9.96. The van der Waals surface area contributed by atoms with Crippen molar-refractivity contribution < 1.29 is 19.4 Å². The first-order valence-electron chi connectivity index (χ1n) is 12.3. The summed E-state index contributed by atoms with van der Waals surface area (Å²) in [5, 5.41) is 21.5. The lowest BCUT2D eigenvalue weighted by Crippen LogP contribution is -2.27. The number of anilines is 3. The highest BCUT2D eigenvalue weighted by molar-refractivity contribution is 5.94. The van der Waals surface area contributed by atoms with Crippen molar-refractivity contribution in [3.05, 3.63) is 35.9 Å². The summed E-state index contributed by atoms with van der Waals surface area (Å²) >= 11 is 0. The Kier molecular flexibility index (Phi) is 12.0. The molecule has 11 nitrogen and oxygen atoms in total. The molecule has 1 saturated carbocycles. The van der Waals surface area contributed by atoms with E-state index in [9.17, 15) is 4.79 Å². The maximum absolute atomic E-state index is 11.9. The third kappa shape index (κ3) is 10.4. The van der Waals surface area contributed by atoms with Gasteiger partial charge in [0.05, 0.1) is 33.0 Å². The van der Waals surface area contributed by atoms with Crippen molar-refractivity contribution in [1.29, 1.82) is 0 Å². The van der Waals surface area contributed by atoms with E-state index >= 15 is 0 Å². The number of rotatable bonds is 16. The van der Waals surface area contributed by atoms with Crippen molar-refractivity contribution in [3.8, 4) is 0 Å². The minimum atomic E-state index is -0.110. The lowest BCUT2D eigenvalue weighted by Gasteiger charge is -2.23. The van der Waals surface area contributed by atoms with Crippen LogP contribution in [0.25, 0.3) is 0 Å². The lowest BCUT2D eigenvalue weighted by molar-refractivity contribution is 0.0519. The number of amides is 1. The molecule has 11 heteroatoms. The quantitative estimate of drug-likeness (QED) is 0.223. The highest BCUT2D eigenvalue weighted by atomic mass is 16.5. The Hall–Kier alpha value is -3.02. The van der Waals surface area contributed by atoms with Crippen LogP contribution in [0.5, 0.6) is 0 Å². The van der Waals surface area contributed by atoms with Crippen LogP contribution in [0.4, 0.5) is 17.8 Å². The Morgan fingerprint density at radius 2 is 1.46 bits per heavy atom. The molecule has 3 rings (SSSR count). The van der Waals surface area contributed by atoms with E-state index in [0.717, 1.165) is 12.8 Å². The first-order chi connectivity index (χ1) is 17.2. The van der Waals surface area contributed by atoms with E-state index in [2.05, 4.69) is 36.2 Å². The van der Waals surface area contributed by atoms with E-state index in [1.165, 1.54) is 19.3 Å². The number of ether oxygens (including phenoxy) is 2. The van der Waals surface area contributed by atoms with Crippen LogP contribution in [0, 0.1) is 0 Å². The molecule has 1 aromatic carbocycles. The molecule has 0 radical (unpaired) electrons. The Morgan fingerprint density at radius 3 is 2.14 bits per heavy atom. The second-order valence-electron chi connectivity index (χ2n) is 8.21. The van der Waals surface area contributed by atoms with Gasteiger partial charge < -0.3 is 35.8 Å². The number of nitrogens with zero attached hydrogens (tertiary/aromatic N) is 3. The van der Waals surface area contributed by atoms with Gasteiger partial charge in [0.25, 0.3) is 5.91 Å². The van der Waals surface area contributed by atoms with E-state index in [1.54, 1.807) is 12.1 Å². The highest BCUT2D eigenvalue weighted by Gasteiger charge is 2.15. The van der Waals surface area contributed by atoms with Gasteiger partial charge in [0, 0.05) is 31.2 Å². The van der Waals surface area contributed by atoms with Crippen molar-refractivity contribution >= 4 is 23.8 Å². The molecular formula is C24H37N7O4. The molecule has 2 aromatic rings. The molecule has 0 saturated heterocycles. The zero-order valence-corrected chi connectivity index (χ0v) is 20.2. The Labute approximate surface area is 206 Å². The molecular weight excluding hydrogens is 450 g/mol. The third-order valence-corrected chi connectivity index (χ3v) is 5.44. The number of nitrogens with one attached hydrogen (secondary N) is 4. The first-order valence-corrected chi connectivity index (χ1v) is 12.3. The van der Waals surface area contributed by atoms with E-state index in [1.807, 2.05) is 18.2 Å². The summed E-state index contributed by atoms with van der Waals surface area (Å²) in [6, 6.07) is 9.46. The molecule has 5 N–H and O–H groups in total. The predicted octanol–water partition coefficient (Wildman–Crippen LogP) is 1.90. The average molecular weight is 488 g/mol. The van der Waals surface area contributed by atoms with Gasteiger partial charge in [-0.1, -0.05) is 37.5 Å². The zero-order chi connectivity index (χ0) is 24.6. The topological polar surface area (TPSA) is 143 Å². The van der Waals surface area contributed by atoms with Crippen molar-refractivity contribution in [3.63, 3.8) is 0 Å². The van der Waals surface area contributed by atoms with Crippen molar-refractivity contribution in [1.82, 2.24) is 20.3 Å². The van der Waals surface area contributed by atoms with Gasteiger partial charge in [-0.3, -0.25) is 4.79 Å². The largest absolute Gasteiger partial charge is 0.395 e. The predicted molar refractivity (Wildman–Crippen MR) is 135 cm³/mol. The smallest absolute Gasteiger partial charge is 0.251 e. The van der Waals surface area contributed by atoms with E-state index in [-0.39, 0.29) is 12.5 Å². The summed E-state index contributed by atoms with van der Waals surface area (Å²) in [6.45, 7) is 3.11. The molecule has 0 atom stereocenters. The van der Waals surface area contributed by atoms with Crippen LogP contribution in [0.15, 0.2) is 30.3 Å². The Balaban J connectivity index is 1.29. The number of aliphatic hydroxyl groups excluding tert-OH is 1. The van der Waals surface area contributed by atoms with E-state index in [4.69, 9.17) is 14.6 Å². The zero-order valence-electron chi connectivity index (χ0n) is 20.2. The molecule has 1 aliphatic rings. The summed E-state index contributed by atoms with van der Waals surface area (Å²) < 4.78 is 11.1. The number of aromatic nitrogens is 3. The Morgan fingerprint density at radius 1 is 0.829 bits per heavy atom. The maximum atomic E-state index is 11.9. The molecule has 1 fully saturated rings. The maximum Gasteiger partial charge on any atom is 0.251 e. The molecule has 0 bridgehead atoms. The number of benzene rings is 1. The van der Waals surface area contributed by atoms with Crippen LogP contribution >= 0.6 is 0 Å². The fourth-order valence-electron chi connectivity index (χ4n) is 3.68. The number of aliphatic hydroxyl groups is 1. The molecule has 0 aliphatic heterocycles. The molecule has 0 spiro atoms. The summed E-state index contributed by atoms with van der Waals surface area (Å²) in [5.41, 5.74) is 0.634. The van der Waals surface area contributed by atoms with E-state index < -0.39 is 0 Å². The SMILES string of the molecule is O=C(NCCOCCOCCNc1nc(NCCO)nc(NC2CCCCC2)n1)c1ccccc1. The average Bonchev–Trinajstić information content (AvgIpc) is 2.89. The monoisotopic (exact) mass is 487 g/mol. The van der Waals surface area contributed by atoms with Gasteiger partial charge in [0.2, 0.25) is 17.8 Å². The standard InChI is InChI=1S/C24H37N7O4/c32-14-11-26-22-29-23(31-24(30-22)28-20-9-5-2-6-10-20)27-13-16-35-18-17-34-15-12-25-21(33)19-7-3-1-4-8-19/h1,3-4,7-8,20,32H,2,5-6,9-18H2,(H,25,33)(H3,26,27,28,29,30,31). The van der Waals surface area contributed by atoms with Gasteiger partial charge in [0.15, 0.2) is 0 Å². The molecule has 1 aliphatic carbocycles. The molecule has 0 unspecified atom stereocenters. The normalized spacial score (nSPS) is 13.9. The molecule has 1 heterocycles. The first kappa shape index (κ1) is 26.6. The molecule has 1 amide bonds. The number of carbonyl (C=O) groups is 1. The number of hydrogen-bond donors (Lipinski definition) is 5. The van der Waals surface area contributed by atoms with Gasteiger partial charge in [-0.15, -0.1) is 0 Å². The van der Waals surface area contributed by atoms with Crippen LogP contribution < -0.4 is 21.3 Å². The van der Waals surface area contributed by atoms with Gasteiger partial charge in [0.1, 0.15) is 0 Å². The second kappa shape index (κ2) is 15.8. The minimum absolute atomic E-state index is 0.00482. The molecule has 35 heavy (non-hydrogen) atoms. The van der Waals surface area contributed by atoms with Gasteiger partial charge in [-0.25, -0.2) is 0 Å². The van der Waals surface area contributed by atoms with Gasteiger partial charge in [-0.2, -0.15) is 15.0 Å². The Bertz CT molecular complexity index is 866. The van der Waals surface area contributed by atoms with E-state index in [0.29, 0.717) is 75.5 Å². The second-order valence-corrected chi connectivity index (χ2v) is 8.21. The summed E-state index contributed by atoms with van der Waals surface area (Å²) in [6.07, 6.45) is 5.94. The van der Waals surface area contributed by atoms with Crippen LogP contribution in [-0.4, -0.2) is 84.7 Å². The summed E-state index contributed by atoms with van der Waals surface area (Å²) in [5.74, 6) is 1.29. The van der Waals surface area contributed by atoms with Gasteiger partial charge in [-0.05, 0) is 25.0 Å². The van der Waals surface area contributed by atoms with Crippen LogP contribution in [-0.2, 0) is 9.47 Å². The number of hydrogen-bond acceptors (Lipinski definition) is 10. The van der Waals surface area contributed by atoms with Crippen molar-refractivity contribution in [2.45, 2.75) is 38.1 Å². The van der Waals surface area contributed by atoms with Crippen LogP contribution in [0.1, 0.15) is 42.5 Å². The fraction of sp³-hybridized carbons (Fsp3) is 0.583. The summed E-state index contributed by atoms with van der Waals surface area (Å²) in [4.78, 5) is 25.2. The minimum Gasteiger partial charge on any atom is -0.395 e. The molecule has 1 aromatic heterocycles. The van der Waals surface area contributed by atoms with Crippen molar-refractivity contribution in [2.24, 2.45) is 0 Å². The third-order valence-electron chi connectivity index (χ3n) is 5.44. The summed E-state index contributed by atoms with van der Waals surface area (Å²) in [7, 11) is 0. The fourth-order valence-corrected chi connectivity index (χ4v) is 3.68.